The third kappa shape index (κ3) is 5.04. The molecule has 2 heterocycles. The number of carbonyl (C=O) groups is 2. The van der Waals surface area contributed by atoms with Crippen LogP contribution in [-0.2, 0) is 11.0 Å². The number of benzene rings is 2. The van der Waals surface area contributed by atoms with Crippen molar-refractivity contribution >= 4 is 23.3 Å². The first-order chi connectivity index (χ1) is 16.5. The molecule has 35 heavy (non-hydrogen) atoms. The summed E-state index contributed by atoms with van der Waals surface area (Å²) in [4.78, 5) is 28.5. The van der Waals surface area contributed by atoms with Gasteiger partial charge in [-0.2, -0.15) is 18.4 Å². The van der Waals surface area contributed by atoms with Gasteiger partial charge in [-0.15, -0.1) is 0 Å². The molecule has 3 amide bonds. The molecule has 1 atom stereocenters. The van der Waals surface area contributed by atoms with E-state index in [1.54, 1.807) is 12.1 Å². The van der Waals surface area contributed by atoms with Crippen LogP contribution in [-0.4, -0.2) is 42.5 Å². The lowest BCUT2D eigenvalue weighted by atomic mass is 9.76. The zero-order chi connectivity index (χ0) is 25.4. The summed E-state index contributed by atoms with van der Waals surface area (Å²) in [5, 5.41) is 11.9. The molecule has 4 rings (SSSR count). The Morgan fingerprint density at radius 2 is 1.89 bits per heavy atom. The Labute approximate surface area is 201 Å². The van der Waals surface area contributed by atoms with Gasteiger partial charge in [0.15, 0.2) is 0 Å². The molecule has 0 aliphatic carbocycles. The zero-order valence-electron chi connectivity index (χ0n) is 19.2. The molecule has 7 nitrogen and oxygen atoms in total. The topological polar surface area (TPSA) is 102 Å². The molecule has 2 aromatic carbocycles. The maximum atomic E-state index is 13.4. The van der Waals surface area contributed by atoms with E-state index in [0.717, 1.165) is 11.6 Å². The van der Waals surface area contributed by atoms with E-state index in [1.165, 1.54) is 17.0 Å². The van der Waals surface area contributed by atoms with Gasteiger partial charge < -0.3 is 20.9 Å². The lowest BCUT2D eigenvalue weighted by molar-refractivity contribution is -0.137. The highest BCUT2D eigenvalue weighted by atomic mass is 19.4. The number of amides is 3. The number of nitrogens with one attached hydrogen (secondary N) is 1. The quantitative estimate of drug-likeness (QED) is 0.678. The average Bonchev–Trinajstić information content (AvgIpc) is 3.18. The number of nitrogens with two attached hydrogens (primary N) is 1. The number of nitrogens with zero attached hydrogens (tertiary/aromatic N) is 3. The predicted molar refractivity (Wildman–Crippen MR) is 125 cm³/mol. The number of alkyl halides is 3. The normalized spacial score (nSPS) is 19.5. The average molecular weight is 486 g/mol. The molecule has 2 saturated heterocycles. The van der Waals surface area contributed by atoms with Crippen molar-refractivity contribution in [2.75, 3.05) is 29.9 Å². The highest BCUT2D eigenvalue weighted by molar-refractivity contribution is 5.94. The van der Waals surface area contributed by atoms with E-state index < -0.39 is 35.3 Å². The Morgan fingerprint density at radius 3 is 2.49 bits per heavy atom. The molecule has 0 radical (unpaired) electrons. The molecule has 0 saturated carbocycles. The molecule has 10 heteroatoms. The summed E-state index contributed by atoms with van der Waals surface area (Å²) >= 11 is 0. The Kier molecular flexibility index (Phi) is 6.36. The SMILES string of the molecule is Cc1cccc(NC(=O)N2CC3(CCN(c4ccc(C#N)c(C(F)(F)F)c4)CC3)CC2C(N)=O)c1. The summed E-state index contributed by atoms with van der Waals surface area (Å²) in [7, 11) is 0. The number of piperidine rings is 1. The summed E-state index contributed by atoms with van der Waals surface area (Å²) < 4.78 is 40.1. The number of anilines is 2. The van der Waals surface area contributed by atoms with Crippen LogP contribution in [0.1, 0.15) is 36.0 Å². The van der Waals surface area contributed by atoms with Crippen LogP contribution in [0.25, 0.3) is 0 Å². The summed E-state index contributed by atoms with van der Waals surface area (Å²) in [6, 6.07) is 11.5. The highest BCUT2D eigenvalue weighted by Gasteiger charge is 2.49. The third-order valence-corrected chi connectivity index (χ3v) is 6.99. The van der Waals surface area contributed by atoms with Gasteiger partial charge in [0.25, 0.3) is 0 Å². The van der Waals surface area contributed by atoms with Gasteiger partial charge >= 0.3 is 12.2 Å². The second-order valence-electron chi connectivity index (χ2n) is 9.38. The molecule has 3 N–H and O–H groups in total. The number of rotatable bonds is 3. The predicted octanol–water partition coefficient (Wildman–Crippen LogP) is 4.26. The number of hydrogen-bond acceptors (Lipinski definition) is 4. The Bertz CT molecular complexity index is 1180. The fourth-order valence-corrected chi connectivity index (χ4v) is 5.10. The minimum atomic E-state index is -4.62. The maximum absolute atomic E-state index is 13.4. The summed E-state index contributed by atoms with van der Waals surface area (Å²) in [5.41, 5.74) is 5.92. The minimum Gasteiger partial charge on any atom is -0.371 e. The fraction of sp³-hybridized carbons (Fsp3) is 0.400. The van der Waals surface area contributed by atoms with Crippen molar-refractivity contribution in [3.05, 3.63) is 59.2 Å². The number of carbonyl (C=O) groups excluding carboxylic acids is 2. The van der Waals surface area contributed by atoms with Gasteiger partial charge in [0.05, 0.1) is 17.2 Å². The van der Waals surface area contributed by atoms with Gasteiger partial charge in [-0.25, -0.2) is 4.79 Å². The van der Waals surface area contributed by atoms with Crippen molar-refractivity contribution in [1.82, 2.24) is 4.90 Å². The number of aryl methyl sites for hydroxylation is 1. The van der Waals surface area contributed by atoms with E-state index in [1.807, 2.05) is 30.0 Å². The highest BCUT2D eigenvalue weighted by Crippen LogP contribution is 2.45. The molecule has 0 aromatic heterocycles. The lowest BCUT2D eigenvalue weighted by Gasteiger charge is -2.40. The van der Waals surface area contributed by atoms with Crippen LogP contribution in [0.15, 0.2) is 42.5 Å². The monoisotopic (exact) mass is 485 g/mol. The number of likely N-dealkylation sites (tertiary alicyclic amines) is 1. The molecular weight excluding hydrogens is 459 g/mol. The number of urea groups is 1. The maximum Gasteiger partial charge on any atom is 0.417 e. The summed E-state index contributed by atoms with van der Waals surface area (Å²) in [6.07, 6.45) is -3.03. The molecule has 2 aliphatic rings. The second kappa shape index (κ2) is 9.13. The smallest absolute Gasteiger partial charge is 0.371 e. The first kappa shape index (κ1) is 24.4. The van der Waals surface area contributed by atoms with Crippen LogP contribution in [0.5, 0.6) is 0 Å². The fourth-order valence-electron chi connectivity index (χ4n) is 5.10. The molecule has 2 fully saturated rings. The van der Waals surface area contributed by atoms with Gasteiger partial charge in [0.1, 0.15) is 6.04 Å². The molecule has 2 aliphatic heterocycles. The Morgan fingerprint density at radius 1 is 1.17 bits per heavy atom. The van der Waals surface area contributed by atoms with E-state index in [-0.39, 0.29) is 5.41 Å². The molecular formula is C25H26F3N5O2. The van der Waals surface area contributed by atoms with Gasteiger partial charge in [-0.3, -0.25) is 4.79 Å². The van der Waals surface area contributed by atoms with Gasteiger partial charge in [-0.05, 0) is 67.5 Å². The van der Waals surface area contributed by atoms with Crippen molar-refractivity contribution in [2.24, 2.45) is 11.1 Å². The van der Waals surface area contributed by atoms with Crippen LogP contribution in [0.2, 0.25) is 0 Å². The number of primary amides is 1. The number of hydrogen-bond donors (Lipinski definition) is 2. The summed E-state index contributed by atoms with van der Waals surface area (Å²) in [6.45, 7) is 3.17. The van der Waals surface area contributed by atoms with Crippen LogP contribution >= 0.6 is 0 Å². The van der Waals surface area contributed by atoms with Gasteiger partial charge in [-0.1, -0.05) is 12.1 Å². The lowest BCUT2D eigenvalue weighted by Crippen LogP contribution is -2.46. The van der Waals surface area contributed by atoms with Crippen molar-refractivity contribution < 1.29 is 22.8 Å². The van der Waals surface area contributed by atoms with E-state index in [4.69, 9.17) is 11.0 Å². The zero-order valence-corrected chi connectivity index (χ0v) is 19.2. The minimum absolute atomic E-state index is 0.341. The molecule has 1 spiro atoms. The van der Waals surface area contributed by atoms with E-state index in [0.29, 0.717) is 50.3 Å². The standard InChI is InChI=1S/C25H26F3N5O2/c1-16-3-2-4-18(11-16)31-23(35)33-15-24(13-21(33)22(30)34)7-9-32(10-8-24)19-6-5-17(14-29)20(12-19)25(26,27)28/h2-6,11-12,21H,7-10,13,15H2,1H3,(H2,30,34)(H,31,35). The van der Waals surface area contributed by atoms with Crippen molar-refractivity contribution in [3.63, 3.8) is 0 Å². The third-order valence-electron chi connectivity index (χ3n) is 6.99. The largest absolute Gasteiger partial charge is 0.417 e. The molecule has 184 valence electrons. The second-order valence-corrected chi connectivity index (χ2v) is 9.38. The van der Waals surface area contributed by atoms with Crippen molar-refractivity contribution in [2.45, 2.75) is 38.4 Å². The van der Waals surface area contributed by atoms with Gasteiger partial charge in [0, 0.05) is 31.0 Å². The summed E-state index contributed by atoms with van der Waals surface area (Å²) in [5.74, 6) is -0.578. The van der Waals surface area contributed by atoms with Crippen LogP contribution in [0, 0.1) is 23.7 Å². The Balaban J connectivity index is 1.48. The van der Waals surface area contributed by atoms with Crippen molar-refractivity contribution in [1.29, 1.82) is 5.26 Å². The van der Waals surface area contributed by atoms with Crippen LogP contribution in [0.3, 0.4) is 0 Å². The van der Waals surface area contributed by atoms with Crippen molar-refractivity contribution in [3.8, 4) is 6.07 Å². The van der Waals surface area contributed by atoms with E-state index >= 15 is 0 Å². The molecule has 0 bridgehead atoms. The molecule has 2 aromatic rings. The van der Waals surface area contributed by atoms with E-state index in [9.17, 15) is 22.8 Å². The van der Waals surface area contributed by atoms with Crippen LogP contribution in [0.4, 0.5) is 29.3 Å². The first-order valence-corrected chi connectivity index (χ1v) is 11.3. The van der Waals surface area contributed by atoms with E-state index in [2.05, 4.69) is 5.32 Å². The molecule has 1 unspecified atom stereocenters. The number of halogens is 3. The first-order valence-electron chi connectivity index (χ1n) is 11.3. The van der Waals surface area contributed by atoms with Crippen LogP contribution < -0.4 is 16.0 Å². The Hall–Kier alpha value is -3.74. The van der Waals surface area contributed by atoms with Gasteiger partial charge in [0.2, 0.25) is 5.91 Å². The number of nitriles is 1.